The largest absolute Gasteiger partial charge is 0.492 e. The van der Waals surface area contributed by atoms with Gasteiger partial charge in [-0.2, -0.15) is 0 Å². The first-order valence-electron chi connectivity index (χ1n) is 7.76. The number of aromatic nitrogens is 1. The Hall–Kier alpha value is -2.60. The van der Waals surface area contributed by atoms with E-state index in [1.165, 1.54) is 0 Å². The molecule has 3 aromatic rings. The average Bonchev–Trinajstić information content (AvgIpc) is 3.00. The van der Waals surface area contributed by atoms with E-state index in [1.54, 1.807) is 11.3 Å². The molecule has 0 bridgehead atoms. The molecule has 6 heteroatoms. The summed E-state index contributed by atoms with van der Waals surface area (Å²) in [6, 6.07) is 15.6. The zero-order chi connectivity index (χ0) is 16.8. The molecule has 2 amide bonds. The molecular formula is C18H19N3O2S. The van der Waals surface area contributed by atoms with Crippen molar-refractivity contribution in [2.24, 2.45) is 0 Å². The van der Waals surface area contributed by atoms with Gasteiger partial charge < -0.3 is 15.4 Å². The van der Waals surface area contributed by atoms with Crippen molar-refractivity contribution in [1.29, 1.82) is 0 Å². The number of carbonyl (C=O) groups is 1. The highest BCUT2D eigenvalue weighted by Gasteiger charge is 2.05. The topological polar surface area (TPSA) is 63.2 Å². The van der Waals surface area contributed by atoms with E-state index in [0.717, 1.165) is 26.5 Å². The molecule has 0 unspecified atom stereocenters. The summed E-state index contributed by atoms with van der Waals surface area (Å²) in [5, 5.41) is 6.47. The van der Waals surface area contributed by atoms with Crippen LogP contribution in [0.1, 0.15) is 10.6 Å². The van der Waals surface area contributed by atoms with E-state index >= 15 is 0 Å². The molecule has 124 valence electrons. The molecular weight excluding hydrogens is 322 g/mol. The Labute approximate surface area is 144 Å². The second-order valence-electron chi connectivity index (χ2n) is 5.35. The van der Waals surface area contributed by atoms with E-state index in [9.17, 15) is 4.79 Å². The molecule has 0 saturated heterocycles. The Kier molecular flexibility index (Phi) is 5.28. The summed E-state index contributed by atoms with van der Waals surface area (Å²) in [5.74, 6) is 0.812. The minimum Gasteiger partial charge on any atom is -0.492 e. The summed E-state index contributed by atoms with van der Waals surface area (Å²) in [7, 11) is 0. The third-order valence-corrected chi connectivity index (χ3v) is 4.42. The van der Waals surface area contributed by atoms with Crippen LogP contribution in [0, 0.1) is 6.92 Å². The standard InChI is InChI=1S/C18H19N3O2S/c1-13-5-4-6-14(11-13)23-10-9-19-18(22)20-12-17-21-15-7-2-3-8-16(15)24-17/h2-8,11H,9-10,12H2,1H3,(H2,19,20,22). The van der Waals surface area contributed by atoms with Crippen molar-refractivity contribution < 1.29 is 9.53 Å². The zero-order valence-electron chi connectivity index (χ0n) is 13.4. The molecule has 0 fully saturated rings. The average molecular weight is 341 g/mol. The molecule has 0 aliphatic carbocycles. The molecule has 0 aliphatic heterocycles. The maximum Gasteiger partial charge on any atom is 0.315 e. The molecule has 2 N–H and O–H groups in total. The van der Waals surface area contributed by atoms with Crippen molar-refractivity contribution in [3.8, 4) is 5.75 Å². The van der Waals surface area contributed by atoms with Gasteiger partial charge in [0.15, 0.2) is 0 Å². The highest BCUT2D eigenvalue weighted by molar-refractivity contribution is 7.18. The Balaban J connectivity index is 1.38. The minimum atomic E-state index is -0.220. The van der Waals surface area contributed by atoms with Crippen molar-refractivity contribution >= 4 is 27.6 Å². The van der Waals surface area contributed by atoms with Gasteiger partial charge in [0.05, 0.1) is 23.3 Å². The number of thiazole rings is 1. The molecule has 1 aromatic heterocycles. The van der Waals surface area contributed by atoms with Gasteiger partial charge >= 0.3 is 6.03 Å². The SMILES string of the molecule is Cc1cccc(OCCNC(=O)NCc2nc3ccccc3s2)c1. The van der Waals surface area contributed by atoms with E-state index < -0.39 is 0 Å². The first-order chi connectivity index (χ1) is 11.7. The number of hydrogen-bond acceptors (Lipinski definition) is 4. The van der Waals surface area contributed by atoms with Gasteiger partial charge in [0, 0.05) is 0 Å². The van der Waals surface area contributed by atoms with Crippen LogP contribution >= 0.6 is 11.3 Å². The number of hydrogen-bond donors (Lipinski definition) is 2. The first-order valence-corrected chi connectivity index (χ1v) is 8.58. The fraction of sp³-hybridized carbons (Fsp3) is 0.222. The van der Waals surface area contributed by atoms with Crippen molar-refractivity contribution in [2.45, 2.75) is 13.5 Å². The number of fused-ring (bicyclic) bond motifs is 1. The summed E-state index contributed by atoms with van der Waals surface area (Å²) in [5.41, 5.74) is 2.11. The van der Waals surface area contributed by atoms with Crippen LogP contribution in [0.5, 0.6) is 5.75 Å². The molecule has 0 spiro atoms. The smallest absolute Gasteiger partial charge is 0.315 e. The minimum absolute atomic E-state index is 0.220. The molecule has 5 nitrogen and oxygen atoms in total. The monoisotopic (exact) mass is 341 g/mol. The Morgan fingerprint density at radius 2 is 2.04 bits per heavy atom. The van der Waals surface area contributed by atoms with Gasteiger partial charge in [-0.05, 0) is 36.8 Å². The summed E-state index contributed by atoms with van der Waals surface area (Å²) >= 11 is 1.59. The van der Waals surface area contributed by atoms with Crippen molar-refractivity contribution in [3.63, 3.8) is 0 Å². The number of aryl methyl sites for hydroxylation is 1. The highest BCUT2D eigenvalue weighted by atomic mass is 32.1. The second-order valence-corrected chi connectivity index (χ2v) is 6.46. The Bertz CT molecular complexity index is 799. The van der Waals surface area contributed by atoms with Crippen LogP contribution < -0.4 is 15.4 Å². The number of para-hydroxylation sites is 1. The molecule has 0 radical (unpaired) electrons. The number of nitrogens with zero attached hydrogens (tertiary/aromatic N) is 1. The quantitative estimate of drug-likeness (QED) is 0.675. The van der Waals surface area contributed by atoms with Crippen LogP contribution in [-0.2, 0) is 6.54 Å². The lowest BCUT2D eigenvalue weighted by Crippen LogP contribution is -2.37. The molecule has 2 aromatic carbocycles. The maximum atomic E-state index is 11.8. The maximum absolute atomic E-state index is 11.8. The fourth-order valence-electron chi connectivity index (χ4n) is 2.25. The van der Waals surface area contributed by atoms with Crippen LogP contribution in [0.2, 0.25) is 0 Å². The van der Waals surface area contributed by atoms with Crippen LogP contribution in [0.4, 0.5) is 4.79 Å². The highest BCUT2D eigenvalue weighted by Crippen LogP contribution is 2.21. The third kappa shape index (κ3) is 4.45. The lowest BCUT2D eigenvalue weighted by molar-refractivity contribution is 0.236. The van der Waals surface area contributed by atoms with Crippen molar-refractivity contribution in [2.75, 3.05) is 13.2 Å². The number of ether oxygens (including phenoxy) is 1. The van der Waals surface area contributed by atoms with Crippen molar-refractivity contribution in [3.05, 3.63) is 59.1 Å². The van der Waals surface area contributed by atoms with Gasteiger partial charge in [-0.3, -0.25) is 0 Å². The molecule has 0 atom stereocenters. The second kappa shape index (κ2) is 7.79. The first kappa shape index (κ1) is 16.3. The van der Waals surface area contributed by atoms with Crippen LogP contribution in [0.3, 0.4) is 0 Å². The summed E-state index contributed by atoms with van der Waals surface area (Å²) in [4.78, 5) is 16.3. The fourth-order valence-corrected chi connectivity index (χ4v) is 3.16. The van der Waals surface area contributed by atoms with Gasteiger partial charge in [0.25, 0.3) is 0 Å². The Morgan fingerprint density at radius 3 is 2.88 bits per heavy atom. The lowest BCUT2D eigenvalue weighted by Gasteiger charge is -2.08. The van der Waals surface area contributed by atoms with Crippen molar-refractivity contribution in [1.82, 2.24) is 15.6 Å². The van der Waals surface area contributed by atoms with Crippen LogP contribution in [0.15, 0.2) is 48.5 Å². The number of rotatable bonds is 6. The predicted octanol–water partition coefficient (Wildman–Crippen LogP) is 3.48. The van der Waals surface area contributed by atoms with Gasteiger partial charge in [-0.15, -0.1) is 11.3 Å². The van der Waals surface area contributed by atoms with Crippen LogP contribution in [0.25, 0.3) is 10.2 Å². The van der Waals surface area contributed by atoms with E-state index in [4.69, 9.17) is 4.74 Å². The molecule has 0 aliphatic rings. The van der Waals surface area contributed by atoms with E-state index in [2.05, 4.69) is 15.6 Å². The lowest BCUT2D eigenvalue weighted by atomic mass is 10.2. The molecule has 1 heterocycles. The third-order valence-electron chi connectivity index (χ3n) is 3.38. The number of carbonyl (C=O) groups excluding carboxylic acids is 1. The number of amides is 2. The summed E-state index contributed by atoms with van der Waals surface area (Å²) in [6.45, 7) is 3.31. The van der Waals surface area contributed by atoms with Gasteiger partial charge in [-0.25, -0.2) is 9.78 Å². The normalized spacial score (nSPS) is 10.5. The summed E-state index contributed by atoms with van der Waals surface area (Å²) < 4.78 is 6.71. The van der Waals surface area contributed by atoms with E-state index in [0.29, 0.717) is 19.7 Å². The van der Waals surface area contributed by atoms with Gasteiger partial charge in [0.2, 0.25) is 0 Å². The summed E-state index contributed by atoms with van der Waals surface area (Å²) in [6.07, 6.45) is 0. The number of urea groups is 1. The van der Waals surface area contributed by atoms with E-state index in [1.807, 2.05) is 55.5 Å². The molecule has 3 rings (SSSR count). The predicted molar refractivity (Wildman–Crippen MR) is 96.5 cm³/mol. The number of benzene rings is 2. The van der Waals surface area contributed by atoms with Crippen LogP contribution in [-0.4, -0.2) is 24.2 Å². The molecule has 0 saturated carbocycles. The molecule has 24 heavy (non-hydrogen) atoms. The number of nitrogens with one attached hydrogen (secondary N) is 2. The zero-order valence-corrected chi connectivity index (χ0v) is 14.2. The Morgan fingerprint density at radius 1 is 1.17 bits per heavy atom. The van der Waals surface area contributed by atoms with Gasteiger partial charge in [0.1, 0.15) is 17.4 Å². The van der Waals surface area contributed by atoms with E-state index in [-0.39, 0.29) is 6.03 Å². The van der Waals surface area contributed by atoms with Gasteiger partial charge in [-0.1, -0.05) is 24.3 Å².